The Morgan fingerprint density at radius 1 is 1.16 bits per heavy atom. The quantitative estimate of drug-likeness (QED) is 0.330. The van der Waals surface area contributed by atoms with E-state index in [1.54, 1.807) is 11.3 Å². The summed E-state index contributed by atoms with van der Waals surface area (Å²) in [6.45, 7) is 9.58. The van der Waals surface area contributed by atoms with Crippen LogP contribution >= 0.6 is 11.3 Å². The summed E-state index contributed by atoms with van der Waals surface area (Å²) in [6, 6.07) is 10.3. The van der Waals surface area contributed by atoms with E-state index in [0.29, 0.717) is 13.1 Å². The lowest BCUT2D eigenvalue weighted by Crippen LogP contribution is -2.56. The highest BCUT2D eigenvalue weighted by molar-refractivity contribution is 7.16. The van der Waals surface area contributed by atoms with Gasteiger partial charge in [-0.05, 0) is 56.2 Å². The number of carbonyl (C=O) groups is 1. The number of hydrogen-bond donors (Lipinski definition) is 3. The SMILES string of the molecule is CC(C)(CN1CCOCC1)NC(=O)N1CC=C(c2cc3c(Nc4ccc5ncsc5c4)ccnc3[nH]2)CC1. The Morgan fingerprint density at radius 2 is 2.03 bits per heavy atom. The van der Waals surface area contributed by atoms with Gasteiger partial charge in [0.2, 0.25) is 0 Å². The highest BCUT2D eigenvalue weighted by atomic mass is 32.1. The average Bonchev–Trinajstić information content (AvgIpc) is 3.56. The topological polar surface area (TPSA) is 98.4 Å². The third kappa shape index (κ3) is 5.38. The number of H-pyrrole nitrogens is 1. The van der Waals surface area contributed by atoms with E-state index in [2.05, 4.69) is 62.5 Å². The second-order valence-electron chi connectivity index (χ2n) is 10.6. The number of thiazole rings is 1. The van der Waals surface area contributed by atoms with Gasteiger partial charge in [0.15, 0.2) is 0 Å². The van der Waals surface area contributed by atoms with Crippen LogP contribution in [0.5, 0.6) is 0 Å². The van der Waals surface area contributed by atoms with Gasteiger partial charge in [-0.2, -0.15) is 0 Å². The number of aromatic amines is 1. The Morgan fingerprint density at radius 3 is 2.84 bits per heavy atom. The maximum Gasteiger partial charge on any atom is 0.318 e. The van der Waals surface area contributed by atoms with E-state index in [1.807, 2.05) is 34.8 Å². The zero-order chi connectivity index (χ0) is 26.1. The van der Waals surface area contributed by atoms with Crippen molar-refractivity contribution < 1.29 is 9.53 Å². The van der Waals surface area contributed by atoms with Crippen molar-refractivity contribution in [3.05, 3.63) is 53.8 Å². The summed E-state index contributed by atoms with van der Waals surface area (Å²) in [6.07, 6.45) is 4.75. The van der Waals surface area contributed by atoms with Gasteiger partial charge in [0.25, 0.3) is 0 Å². The molecule has 1 aromatic carbocycles. The highest BCUT2D eigenvalue weighted by Crippen LogP contribution is 2.31. The molecule has 2 aliphatic heterocycles. The fraction of sp³-hybridized carbons (Fsp3) is 0.393. The van der Waals surface area contributed by atoms with Crippen molar-refractivity contribution in [2.24, 2.45) is 0 Å². The normalized spacial score (nSPS) is 17.1. The number of ether oxygens (including phenoxy) is 1. The van der Waals surface area contributed by atoms with Crippen molar-refractivity contribution in [3.63, 3.8) is 0 Å². The molecule has 9 nitrogen and oxygen atoms in total. The summed E-state index contributed by atoms with van der Waals surface area (Å²) in [5, 5.41) is 7.82. The Bertz CT molecular complexity index is 1480. The zero-order valence-corrected chi connectivity index (χ0v) is 22.6. The average molecular weight is 532 g/mol. The maximum absolute atomic E-state index is 13.0. The molecule has 5 heterocycles. The molecule has 2 aliphatic rings. The molecule has 0 atom stereocenters. The first-order chi connectivity index (χ1) is 18.4. The van der Waals surface area contributed by atoms with Gasteiger partial charge in [-0.1, -0.05) is 6.08 Å². The summed E-state index contributed by atoms with van der Waals surface area (Å²) >= 11 is 1.63. The van der Waals surface area contributed by atoms with Gasteiger partial charge < -0.3 is 25.3 Å². The Labute approximate surface area is 225 Å². The summed E-state index contributed by atoms with van der Waals surface area (Å²) in [5.41, 5.74) is 7.69. The number of rotatable bonds is 6. The molecule has 198 valence electrons. The highest BCUT2D eigenvalue weighted by Gasteiger charge is 2.28. The molecule has 3 aromatic heterocycles. The number of benzene rings is 1. The summed E-state index contributed by atoms with van der Waals surface area (Å²) in [5.74, 6) is 0. The van der Waals surface area contributed by atoms with Gasteiger partial charge in [-0.15, -0.1) is 11.3 Å². The number of carbonyl (C=O) groups excluding carboxylic acids is 1. The molecule has 3 N–H and O–H groups in total. The number of amides is 2. The zero-order valence-electron chi connectivity index (χ0n) is 21.8. The minimum Gasteiger partial charge on any atom is -0.379 e. The molecule has 0 unspecified atom stereocenters. The number of fused-ring (bicyclic) bond motifs is 2. The van der Waals surface area contributed by atoms with Crippen LogP contribution in [0.2, 0.25) is 0 Å². The lowest BCUT2D eigenvalue weighted by Gasteiger charge is -2.37. The standard InChI is InChI=1S/C28H33N7O2S/c1-28(2,17-34-11-13-37-14-12-34)33-27(36)35-9-6-19(7-10-35)24-16-21-22(5-8-29-26(21)32-24)31-20-3-4-23-25(15-20)38-18-30-23/h3-6,8,15-16,18H,7,9-14,17H2,1-2H3,(H,33,36)(H2,29,31,32). The summed E-state index contributed by atoms with van der Waals surface area (Å²) in [4.78, 5) is 29.7. The molecule has 0 radical (unpaired) electrons. The Balaban J connectivity index is 1.12. The van der Waals surface area contributed by atoms with E-state index >= 15 is 0 Å². The first kappa shape index (κ1) is 24.8. The summed E-state index contributed by atoms with van der Waals surface area (Å²) < 4.78 is 6.60. The molecule has 0 aliphatic carbocycles. The summed E-state index contributed by atoms with van der Waals surface area (Å²) in [7, 11) is 0. The van der Waals surface area contributed by atoms with Gasteiger partial charge in [0, 0.05) is 61.2 Å². The van der Waals surface area contributed by atoms with Gasteiger partial charge in [-0.3, -0.25) is 4.90 Å². The van der Waals surface area contributed by atoms with Gasteiger partial charge in [0.1, 0.15) is 5.65 Å². The molecule has 0 spiro atoms. The molecule has 2 amide bonds. The van der Waals surface area contributed by atoms with E-state index in [1.165, 1.54) is 5.57 Å². The van der Waals surface area contributed by atoms with Gasteiger partial charge >= 0.3 is 6.03 Å². The van der Waals surface area contributed by atoms with Gasteiger partial charge in [0.05, 0.1) is 34.6 Å². The van der Waals surface area contributed by atoms with Crippen LogP contribution in [0.15, 0.2) is 48.1 Å². The number of pyridine rings is 1. The maximum atomic E-state index is 13.0. The number of urea groups is 1. The molecule has 1 saturated heterocycles. The van der Waals surface area contributed by atoms with Crippen LogP contribution in [-0.4, -0.2) is 82.3 Å². The molecule has 10 heteroatoms. The second-order valence-corrected chi connectivity index (χ2v) is 11.5. The Kier molecular flexibility index (Phi) is 6.77. The van der Waals surface area contributed by atoms with Crippen molar-refractivity contribution in [3.8, 4) is 0 Å². The van der Waals surface area contributed by atoms with Gasteiger partial charge in [-0.25, -0.2) is 14.8 Å². The van der Waals surface area contributed by atoms with E-state index in [0.717, 1.165) is 77.6 Å². The third-order valence-corrected chi connectivity index (χ3v) is 7.94. The molecular formula is C28H33N7O2S. The van der Waals surface area contributed by atoms with Crippen LogP contribution in [-0.2, 0) is 4.74 Å². The molecule has 1 fully saturated rings. The van der Waals surface area contributed by atoms with Crippen LogP contribution in [0.25, 0.3) is 26.8 Å². The van der Waals surface area contributed by atoms with Crippen molar-refractivity contribution in [1.29, 1.82) is 0 Å². The molecule has 0 saturated carbocycles. The minimum absolute atomic E-state index is 0.0127. The largest absolute Gasteiger partial charge is 0.379 e. The van der Waals surface area contributed by atoms with Crippen LogP contribution < -0.4 is 10.6 Å². The predicted molar refractivity (Wildman–Crippen MR) is 153 cm³/mol. The number of nitrogens with zero attached hydrogens (tertiary/aromatic N) is 4. The molecule has 38 heavy (non-hydrogen) atoms. The number of nitrogens with one attached hydrogen (secondary N) is 3. The first-order valence-electron chi connectivity index (χ1n) is 13.1. The van der Waals surface area contributed by atoms with E-state index < -0.39 is 0 Å². The van der Waals surface area contributed by atoms with Crippen molar-refractivity contribution in [2.75, 3.05) is 51.3 Å². The van der Waals surface area contributed by atoms with Crippen molar-refractivity contribution in [1.82, 2.24) is 30.1 Å². The number of hydrogen-bond acceptors (Lipinski definition) is 7. The number of anilines is 2. The lowest BCUT2D eigenvalue weighted by molar-refractivity contribution is 0.0276. The van der Waals surface area contributed by atoms with E-state index in [9.17, 15) is 4.79 Å². The number of aromatic nitrogens is 3. The molecule has 4 aromatic rings. The molecule has 0 bridgehead atoms. The smallest absolute Gasteiger partial charge is 0.318 e. The molecular weight excluding hydrogens is 498 g/mol. The number of morpholine rings is 1. The Hall–Kier alpha value is -3.47. The second kappa shape index (κ2) is 10.4. The van der Waals surface area contributed by atoms with E-state index in [4.69, 9.17) is 4.74 Å². The first-order valence-corrected chi connectivity index (χ1v) is 14.0. The molecule has 6 rings (SSSR count). The fourth-order valence-electron chi connectivity index (χ4n) is 5.22. The van der Waals surface area contributed by atoms with Crippen LogP contribution in [0.3, 0.4) is 0 Å². The lowest BCUT2D eigenvalue weighted by atomic mass is 10.0. The predicted octanol–water partition coefficient (Wildman–Crippen LogP) is 4.83. The van der Waals surface area contributed by atoms with E-state index in [-0.39, 0.29) is 11.6 Å². The monoisotopic (exact) mass is 531 g/mol. The van der Waals surface area contributed by atoms with Crippen LogP contribution in [0.4, 0.5) is 16.2 Å². The fourth-order valence-corrected chi connectivity index (χ4v) is 5.94. The minimum atomic E-state index is -0.310. The van der Waals surface area contributed by atoms with Crippen molar-refractivity contribution in [2.45, 2.75) is 25.8 Å². The third-order valence-electron chi connectivity index (χ3n) is 7.15. The van der Waals surface area contributed by atoms with Crippen LogP contribution in [0.1, 0.15) is 26.0 Å². The van der Waals surface area contributed by atoms with Crippen molar-refractivity contribution >= 4 is 55.6 Å². The van der Waals surface area contributed by atoms with Crippen LogP contribution in [0, 0.1) is 0 Å².